The van der Waals surface area contributed by atoms with Crippen molar-refractivity contribution >= 4 is 11.0 Å². The number of pyridine rings is 1. The Morgan fingerprint density at radius 2 is 2.00 bits per heavy atom. The second-order valence-corrected chi connectivity index (χ2v) is 7.05. The monoisotopic (exact) mass is 300 g/mol. The predicted octanol–water partition coefficient (Wildman–Crippen LogP) is 1.98. The fraction of sp³-hybridized carbons (Fsp3) is 0.647. The van der Waals surface area contributed by atoms with Gasteiger partial charge in [0.2, 0.25) is 0 Å². The Labute approximate surface area is 130 Å². The van der Waals surface area contributed by atoms with E-state index in [1.807, 2.05) is 11.7 Å². The Kier molecular flexibility index (Phi) is 3.33. The van der Waals surface area contributed by atoms with Crippen molar-refractivity contribution in [2.75, 3.05) is 13.6 Å². The van der Waals surface area contributed by atoms with Crippen LogP contribution in [-0.4, -0.2) is 33.3 Å². The van der Waals surface area contributed by atoms with Crippen molar-refractivity contribution in [3.63, 3.8) is 0 Å². The van der Waals surface area contributed by atoms with E-state index in [9.17, 15) is 4.79 Å². The van der Waals surface area contributed by atoms with Crippen LogP contribution >= 0.6 is 0 Å². The van der Waals surface area contributed by atoms with E-state index in [1.54, 1.807) is 0 Å². The van der Waals surface area contributed by atoms with Crippen molar-refractivity contribution in [2.24, 2.45) is 13.0 Å². The summed E-state index contributed by atoms with van der Waals surface area (Å²) in [6.07, 6.45) is 6.97. The molecule has 1 fully saturated rings. The molecule has 0 saturated heterocycles. The summed E-state index contributed by atoms with van der Waals surface area (Å²) in [4.78, 5) is 17.7. The van der Waals surface area contributed by atoms with Gasteiger partial charge in [-0.1, -0.05) is 0 Å². The van der Waals surface area contributed by atoms with E-state index in [1.165, 1.54) is 30.2 Å². The summed E-state index contributed by atoms with van der Waals surface area (Å²) >= 11 is 0. The van der Waals surface area contributed by atoms with E-state index in [-0.39, 0.29) is 5.56 Å². The first-order chi connectivity index (χ1) is 10.6. The minimum absolute atomic E-state index is 0.0862. The SMILES string of the molecule is CN(Cc1nn(C)c2[nH]c(=O)c3c(c12)CCCC3)CC1CC1. The van der Waals surface area contributed by atoms with Gasteiger partial charge in [0.15, 0.2) is 0 Å². The van der Waals surface area contributed by atoms with Crippen LogP contribution in [0.3, 0.4) is 0 Å². The molecule has 0 aliphatic heterocycles. The summed E-state index contributed by atoms with van der Waals surface area (Å²) in [5.74, 6) is 0.883. The fourth-order valence-electron chi connectivity index (χ4n) is 3.83. The first kappa shape index (κ1) is 14.0. The maximum absolute atomic E-state index is 12.3. The maximum atomic E-state index is 12.3. The van der Waals surface area contributed by atoms with Gasteiger partial charge >= 0.3 is 0 Å². The van der Waals surface area contributed by atoms with Gasteiger partial charge < -0.3 is 9.88 Å². The zero-order chi connectivity index (χ0) is 15.3. The van der Waals surface area contributed by atoms with Gasteiger partial charge in [0.1, 0.15) is 5.65 Å². The van der Waals surface area contributed by atoms with Gasteiger partial charge in [-0.25, -0.2) is 0 Å². The van der Waals surface area contributed by atoms with Crippen molar-refractivity contribution < 1.29 is 0 Å². The summed E-state index contributed by atoms with van der Waals surface area (Å²) in [5.41, 5.74) is 4.35. The minimum atomic E-state index is 0.0862. The molecule has 0 aromatic carbocycles. The largest absolute Gasteiger partial charge is 0.307 e. The Morgan fingerprint density at radius 3 is 2.73 bits per heavy atom. The fourth-order valence-corrected chi connectivity index (χ4v) is 3.83. The third-order valence-electron chi connectivity index (χ3n) is 5.08. The molecule has 0 bridgehead atoms. The number of aromatic amines is 1. The third-order valence-corrected chi connectivity index (χ3v) is 5.08. The lowest BCUT2D eigenvalue weighted by Crippen LogP contribution is -2.22. The maximum Gasteiger partial charge on any atom is 0.253 e. The molecule has 2 heterocycles. The molecule has 0 atom stereocenters. The molecule has 4 rings (SSSR count). The van der Waals surface area contributed by atoms with Gasteiger partial charge in [0.25, 0.3) is 5.56 Å². The number of aryl methyl sites for hydroxylation is 2. The lowest BCUT2D eigenvalue weighted by molar-refractivity contribution is 0.309. The van der Waals surface area contributed by atoms with Crippen LogP contribution < -0.4 is 5.56 Å². The number of nitrogens with zero attached hydrogens (tertiary/aromatic N) is 3. The third kappa shape index (κ3) is 2.37. The molecule has 5 nitrogen and oxygen atoms in total. The molecule has 1 saturated carbocycles. The number of rotatable bonds is 4. The number of hydrogen-bond donors (Lipinski definition) is 1. The van der Waals surface area contributed by atoms with E-state index in [4.69, 9.17) is 5.10 Å². The topological polar surface area (TPSA) is 53.9 Å². The molecule has 0 radical (unpaired) electrons. The lowest BCUT2D eigenvalue weighted by Gasteiger charge is -2.18. The average molecular weight is 300 g/mol. The van der Waals surface area contributed by atoms with Crippen molar-refractivity contribution in [2.45, 2.75) is 45.1 Å². The standard InChI is InChI=1S/C17H24N4O/c1-20(9-11-7-8-11)10-14-15-12-5-3-4-6-13(12)17(22)18-16(15)21(2)19-14/h11H,3-10H2,1-2H3,(H,18,22). The highest BCUT2D eigenvalue weighted by atomic mass is 16.1. The first-order valence-corrected chi connectivity index (χ1v) is 8.41. The second kappa shape index (κ2) is 5.23. The first-order valence-electron chi connectivity index (χ1n) is 8.41. The summed E-state index contributed by atoms with van der Waals surface area (Å²) in [7, 11) is 4.11. The minimum Gasteiger partial charge on any atom is -0.307 e. The molecular weight excluding hydrogens is 276 g/mol. The van der Waals surface area contributed by atoms with Gasteiger partial charge in [0, 0.05) is 31.1 Å². The van der Waals surface area contributed by atoms with Crippen LogP contribution in [0.4, 0.5) is 0 Å². The molecule has 5 heteroatoms. The molecule has 2 aromatic heterocycles. The second-order valence-electron chi connectivity index (χ2n) is 7.05. The summed E-state index contributed by atoms with van der Waals surface area (Å²) in [5, 5.41) is 5.92. The van der Waals surface area contributed by atoms with Crippen LogP contribution in [0.2, 0.25) is 0 Å². The zero-order valence-corrected chi connectivity index (χ0v) is 13.5. The van der Waals surface area contributed by atoms with Gasteiger partial charge in [-0.2, -0.15) is 5.10 Å². The quantitative estimate of drug-likeness (QED) is 0.939. The predicted molar refractivity (Wildman–Crippen MR) is 87.0 cm³/mol. The number of nitrogens with one attached hydrogen (secondary N) is 1. The summed E-state index contributed by atoms with van der Waals surface area (Å²) in [6.45, 7) is 2.02. The average Bonchev–Trinajstić information content (AvgIpc) is 3.25. The highest BCUT2D eigenvalue weighted by molar-refractivity contribution is 5.83. The molecular formula is C17H24N4O. The Hall–Kier alpha value is -1.62. The smallest absolute Gasteiger partial charge is 0.253 e. The van der Waals surface area contributed by atoms with E-state index in [0.29, 0.717) is 0 Å². The van der Waals surface area contributed by atoms with Crippen molar-refractivity contribution in [3.8, 4) is 0 Å². The van der Waals surface area contributed by atoms with Crippen molar-refractivity contribution in [1.29, 1.82) is 0 Å². The number of fused-ring (bicyclic) bond motifs is 3. The zero-order valence-electron chi connectivity index (χ0n) is 13.5. The molecule has 0 amide bonds. The van der Waals surface area contributed by atoms with E-state index in [2.05, 4.69) is 16.9 Å². The van der Waals surface area contributed by atoms with E-state index < -0.39 is 0 Å². The Balaban J connectivity index is 1.79. The van der Waals surface area contributed by atoms with Crippen molar-refractivity contribution in [3.05, 3.63) is 27.2 Å². The molecule has 2 aliphatic rings. The molecule has 22 heavy (non-hydrogen) atoms. The summed E-state index contributed by atoms with van der Waals surface area (Å²) < 4.78 is 1.84. The highest BCUT2D eigenvalue weighted by Gasteiger charge is 2.25. The lowest BCUT2D eigenvalue weighted by atomic mass is 9.90. The number of hydrogen-bond acceptors (Lipinski definition) is 3. The van der Waals surface area contributed by atoms with E-state index >= 15 is 0 Å². The Bertz CT molecular complexity index is 769. The van der Waals surface area contributed by atoms with Gasteiger partial charge in [-0.3, -0.25) is 9.48 Å². The molecule has 0 spiro atoms. The molecule has 118 valence electrons. The van der Waals surface area contributed by atoms with Crippen LogP contribution in [-0.2, 0) is 26.4 Å². The van der Waals surface area contributed by atoms with Gasteiger partial charge in [-0.15, -0.1) is 0 Å². The normalized spacial score (nSPS) is 18.1. The van der Waals surface area contributed by atoms with Gasteiger partial charge in [-0.05, 0) is 57.1 Å². The van der Waals surface area contributed by atoms with E-state index in [0.717, 1.165) is 55.2 Å². The molecule has 2 aliphatic carbocycles. The molecule has 1 N–H and O–H groups in total. The number of H-pyrrole nitrogens is 1. The van der Waals surface area contributed by atoms with Crippen LogP contribution in [0.1, 0.15) is 42.5 Å². The number of aromatic nitrogens is 3. The van der Waals surface area contributed by atoms with Crippen LogP contribution in [0.5, 0.6) is 0 Å². The molecule has 2 aromatic rings. The highest BCUT2D eigenvalue weighted by Crippen LogP contribution is 2.31. The summed E-state index contributed by atoms with van der Waals surface area (Å²) in [6, 6.07) is 0. The van der Waals surface area contributed by atoms with Crippen molar-refractivity contribution in [1.82, 2.24) is 19.7 Å². The molecule has 0 unspecified atom stereocenters. The van der Waals surface area contributed by atoms with Crippen LogP contribution in [0.15, 0.2) is 4.79 Å². The van der Waals surface area contributed by atoms with Crippen LogP contribution in [0, 0.1) is 5.92 Å². The Morgan fingerprint density at radius 1 is 1.27 bits per heavy atom. The van der Waals surface area contributed by atoms with Crippen LogP contribution in [0.25, 0.3) is 11.0 Å². The van der Waals surface area contributed by atoms with Gasteiger partial charge in [0.05, 0.1) is 5.69 Å².